The molecule has 0 heterocycles. The van der Waals surface area contributed by atoms with Crippen LogP contribution in [0.2, 0.25) is 0 Å². The fourth-order valence-electron chi connectivity index (χ4n) is 1.38. The van der Waals surface area contributed by atoms with Crippen molar-refractivity contribution in [3.05, 3.63) is 0 Å². The summed E-state index contributed by atoms with van der Waals surface area (Å²) in [6.45, 7) is 4.53. The van der Waals surface area contributed by atoms with Crippen LogP contribution in [0.15, 0.2) is 0 Å². The molecule has 0 saturated carbocycles. The molecule has 0 radical (unpaired) electrons. The lowest BCUT2D eigenvalue weighted by molar-refractivity contribution is -0.148. The molecule has 2 N–H and O–H groups in total. The van der Waals surface area contributed by atoms with Crippen molar-refractivity contribution in [1.29, 1.82) is 0 Å². The molecular formula is C12H25NO4. The first-order valence-electron chi connectivity index (χ1n) is 6.19. The third kappa shape index (κ3) is 9.09. The van der Waals surface area contributed by atoms with E-state index < -0.39 is 0 Å². The number of ether oxygens (including phenoxy) is 3. The maximum absolute atomic E-state index is 11.5. The van der Waals surface area contributed by atoms with Gasteiger partial charge < -0.3 is 19.9 Å². The Morgan fingerprint density at radius 2 is 2.00 bits per heavy atom. The summed E-state index contributed by atoms with van der Waals surface area (Å²) < 4.78 is 15.2. The SMILES string of the molecule is CCCC(CN)C(=O)OCCCOCCOC. The van der Waals surface area contributed by atoms with Gasteiger partial charge in [-0.05, 0) is 6.42 Å². The average molecular weight is 247 g/mol. The highest BCUT2D eigenvalue weighted by molar-refractivity contribution is 5.72. The van der Waals surface area contributed by atoms with Crippen molar-refractivity contribution in [3.8, 4) is 0 Å². The Morgan fingerprint density at radius 1 is 1.24 bits per heavy atom. The quantitative estimate of drug-likeness (QED) is 0.435. The smallest absolute Gasteiger partial charge is 0.310 e. The third-order valence-electron chi connectivity index (χ3n) is 2.36. The molecule has 0 amide bonds. The van der Waals surface area contributed by atoms with Gasteiger partial charge in [-0.3, -0.25) is 4.79 Å². The van der Waals surface area contributed by atoms with Crippen LogP contribution in [0.3, 0.4) is 0 Å². The molecule has 0 spiro atoms. The van der Waals surface area contributed by atoms with E-state index in [9.17, 15) is 4.79 Å². The molecule has 1 unspecified atom stereocenters. The minimum Gasteiger partial charge on any atom is -0.465 e. The first kappa shape index (κ1) is 16.4. The van der Waals surface area contributed by atoms with E-state index >= 15 is 0 Å². The summed E-state index contributed by atoms with van der Waals surface area (Å²) in [4.78, 5) is 11.5. The number of hydrogen-bond acceptors (Lipinski definition) is 5. The Balaban J connectivity index is 3.43. The Hall–Kier alpha value is -0.650. The molecule has 0 aliphatic heterocycles. The van der Waals surface area contributed by atoms with Crippen molar-refractivity contribution in [2.45, 2.75) is 26.2 Å². The zero-order valence-corrected chi connectivity index (χ0v) is 10.9. The van der Waals surface area contributed by atoms with Gasteiger partial charge in [-0.2, -0.15) is 0 Å². The van der Waals surface area contributed by atoms with Crippen molar-refractivity contribution in [2.24, 2.45) is 11.7 Å². The van der Waals surface area contributed by atoms with Gasteiger partial charge in [0.25, 0.3) is 0 Å². The Labute approximate surface area is 104 Å². The van der Waals surface area contributed by atoms with Crippen LogP contribution in [0.5, 0.6) is 0 Å². The second kappa shape index (κ2) is 11.8. The largest absolute Gasteiger partial charge is 0.465 e. The molecule has 0 aromatic rings. The molecule has 0 rings (SSSR count). The summed E-state index contributed by atoms with van der Waals surface area (Å²) in [5, 5.41) is 0. The van der Waals surface area contributed by atoms with Gasteiger partial charge in [0.2, 0.25) is 0 Å². The van der Waals surface area contributed by atoms with Crippen LogP contribution in [0.4, 0.5) is 0 Å². The van der Waals surface area contributed by atoms with E-state index in [0.29, 0.717) is 39.4 Å². The van der Waals surface area contributed by atoms with Crippen LogP contribution in [-0.4, -0.2) is 46.1 Å². The highest BCUT2D eigenvalue weighted by atomic mass is 16.5. The number of nitrogens with two attached hydrogens (primary N) is 1. The van der Waals surface area contributed by atoms with Crippen LogP contribution in [0, 0.1) is 5.92 Å². The van der Waals surface area contributed by atoms with Crippen LogP contribution in [0.1, 0.15) is 26.2 Å². The van der Waals surface area contributed by atoms with Gasteiger partial charge in [-0.1, -0.05) is 13.3 Å². The molecular weight excluding hydrogens is 222 g/mol. The standard InChI is InChI=1S/C12H25NO4/c1-3-5-11(10-13)12(14)17-7-4-6-16-9-8-15-2/h11H,3-10,13H2,1-2H3. The number of carbonyl (C=O) groups excluding carboxylic acids is 1. The number of hydrogen-bond donors (Lipinski definition) is 1. The predicted octanol–water partition coefficient (Wildman–Crippen LogP) is 0.958. The number of esters is 1. The molecule has 0 aliphatic rings. The van der Waals surface area contributed by atoms with Crippen LogP contribution in [0.25, 0.3) is 0 Å². The molecule has 0 fully saturated rings. The molecule has 5 nitrogen and oxygen atoms in total. The van der Waals surface area contributed by atoms with Crippen molar-refractivity contribution >= 4 is 5.97 Å². The Bertz CT molecular complexity index is 187. The lowest BCUT2D eigenvalue weighted by Crippen LogP contribution is -2.26. The van der Waals surface area contributed by atoms with Crippen molar-refractivity contribution in [1.82, 2.24) is 0 Å². The third-order valence-corrected chi connectivity index (χ3v) is 2.36. The van der Waals surface area contributed by atoms with Crippen LogP contribution in [-0.2, 0) is 19.0 Å². The summed E-state index contributed by atoms with van der Waals surface area (Å²) >= 11 is 0. The second-order valence-corrected chi connectivity index (χ2v) is 3.85. The summed E-state index contributed by atoms with van der Waals surface area (Å²) in [5.41, 5.74) is 5.51. The van der Waals surface area contributed by atoms with Crippen LogP contribution >= 0.6 is 0 Å². The van der Waals surface area contributed by atoms with E-state index in [1.54, 1.807) is 7.11 Å². The van der Waals surface area contributed by atoms with Crippen molar-refractivity contribution in [2.75, 3.05) is 40.1 Å². The molecule has 102 valence electrons. The van der Waals surface area contributed by atoms with Gasteiger partial charge in [0.1, 0.15) is 0 Å². The lowest BCUT2D eigenvalue weighted by Gasteiger charge is -2.12. The zero-order chi connectivity index (χ0) is 12.9. The summed E-state index contributed by atoms with van der Waals surface area (Å²) in [6, 6.07) is 0. The van der Waals surface area contributed by atoms with E-state index in [0.717, 1.165) is 12.8 Å². The normalized spacial score (nSPS) is 12.4. The Morgan fingerprint density at radius 3 is 2.59 bits per heavy atom. The fourth-order valence-corrected chi connectivity index (χ4v) is 1.38. The Kier molecular flexibility index (Phi) is 11.4. The van der Waals surface area contributed by atoms with E-state index in [2.05, 4.69) is 0 Å². The van der Waals surface area contributed by atoms with Gasteiger partial charge in [0.05, 0.1) is 25.7 Å². The van der Waals surface area contributed by atoms with E-state index in [1.807, 2.05) is 6.92 Å². The first-order valence-corrected chi connectivity index (χ1v) is 6.19. The predicted molar refractivity (Wildman–Crippen MR) is 65.7 cm³/mol. The van der Waals surface area contributed by atoms with Crippen LogP contribution < -0.4 is 5.73 Å². The molecule has 0 aliphatic carbocycles. The topological polar surface area (TPSA) is 70.8 Å². The minimum atomic E-state index is -0.189. The van der Waals surface area contributed by atoms with E-state index in [4.69, 9.17) is 19.9 Å². The summed E-state index contributed by atoms with van der Waals surface area (Å²) in [7, 11) is 1.63. The lowest BCUT2D eigenvalue weighted by atomic mass is 10.0. The molecule has 0 bridgehead atoms. The molecule has 17 heavy (non-hydrogen) atoms. The molecule has 1 atom stereocenters. The monoisotopic (exact) mass is 247 g/mol. The fraction of sp³-hybridized carbons (Fsp3) is 0.917. The van der Waals surface area contributed by atoms with Gasteiger partial charge >= 0.3 is 5.97 Å². The minimum absolute atomic E-state index is 0.158. The summed E-state index contributed by atoms with van der Waals surface area (Å²) in [5.74, 6) is -0.347. The maximum Gasteiger partial charge on any atom is 0.310 e. The van der Waals surface area contributed by atoms with Gasteiger partial charge in [-0.15, -0.1) is 0 Å². The van der Waals surface area contributed by atoms with Crippen molar-refractivity contribution < 1.29 is 19.0 Å². The number of rotatable bonds is 11. The highest BCUT2D eigenvalue weighted by Crippen LogP contribution is 2.06. The first-order chi connectivity index (χ1) is 8.26. The maximum atomic E-state index is 11.5. The molecule has 5 heteroatoms. The van der Waals surface area contributed by atoms with E-state index in [-0.39, 0.29) is 11.9 Å². The summed E-state index contributed by atoms with van der Waals surface area (Å²) in [6.07, 6.45) is 2.44. The van der Waals surface area contributed by atoms with Gasteiger partial charge in [0, 0.05) is 26.7 Å². The van der Waals surface area contributed by atoms with Crippen molar-refractivity contribution in [3.63, 3.8) is 0 Å². The second-order valence-electron chi connectivity index (χ2n) is 3.85. The highest BCUT2D eigenvalue weighted by Gasteiger charge is 2.16. The van der Waals surface area contributed by atoms with Gasteiger partial charge in [0.15, 0.2) is 0 Å². The number of carbonyl (C=O) groups is 1. The molecule has 0 aromatic carbocycles. The number of methoxy groups -OCH3 is 1. The zero-order valence-electron chi connectivity index (χ0n) is 10.9. The molecule has 0 aromatic heterocycles. The molecule has 0 saturated heterocycles. The van der Waals surface area contributed by atoms with Gasteiger partial charge in [-0.25, -0.2) is 0 Å². The average Bonchev–Trinajstić information content (AvgIpc) is 2.34. The van der Waals surface area contributed by atoms with E-state index in [1.165, 1.54) is 0 Å².